The fraction of sp³-hybridized carbons (Fsp3) is 0.318. The number of H-pyrrole nitrogens is 1. The molecule has 2 aromatic heterocycles. The lowest BCUT2D eigenvalue weighted by Gasteiger charge is -2.08. The zero-order valence-corrected chi connectivity index (χ0v) is 17.0. The van der Waals surface area contributed by atoms with Crippen LogP contribution in [0.1, 0.15) is 28.7 Å². The van der Waals surface area contributed by atoms with Gasteiger partial charge >= 0.3 is 0 Å². The van der Waals surface area contributed by atoms with Gasteiger partial charge in [0.25, 0.3) is 5.56 Å². The van der Waals surface area contributed by atoms with E-state index in [0.717, 1.165) is 41.8 Å². The van der Waals surface area contributed by atoms with Gasteiger partial charge in [-0.1, -0.05) is 12.1 Å². The number of hydrogen-bond donors (Lipinski definition) is 2. The molecule has 3 aromatic rings. The molecule has 0 fully saturated rings. The van der Waals surface area contributed by atoms with Gasteiger partial charge in [0, 0.05) is 32.7 Å². The summed E-state index contributed by atoms with van der Waals surface area (Å²) >= 11 is 0. The minimum atomic E-state index is -0.171. The normalized spacial score (nSPS) is 10.8. The molecule has 0 aliphatic rings. The van der Waals surface area contributed by atoms with Gasteiger partial charge in [-0.25, -0.2) is 9.67 Å². The third-order valence-corrected chi connectivity index (χ3v) is 5.04. The summed E-state index contributed by atoms with van der Waals surface area (Å²) in [5.74, 6) is 0.535. The number of rotatable bonds is 8. The van der Waals surface area contributed by atoms with Crippen LogP contribution in [0.4, 0.5) is 0 Å². The number of nitrogens with zero attached hydrogens (tertiary/aromatic N) is 3. The number of pyridine rings is 1. The zero-order valence-electron chi connectivity index (χ0n) is 17.0. The molecule has 3 rings (SSSR count). The molecule has 2 N–H and O–H groups in total. The van der Waals surface area contributed by atoms with Gasteiger partial charge in [0.15, 0.2) is 5.82 Å². The average molecular weight is 391 g/mol. The Morgan fingerprint density at radius 2 is 2.03 bits per heavy atom. The second kappa shape index (κ2) is 9.32. The predicted molar refractivity (Wildman–Crippen MR) is 112 cm³/mol. The van der Waals surface area contributed by atoms with Crippen molar-refractivity contribution in [3.63, 3.8) is 0 Å². The third kappa shape index (κ3) is 4.45. The summed E-state index contributed by atoms with van der Waals surface area (Å²) in [5.41, 5.74) is 4.68. The molecule has 0 spiro atoms. The van der Waals surface area contributed by atoms with E-state index in [2.05, 4.69) is 21.5 Å². The molecule has 7 nitrogen and oxygen atoms in total. The number of benzene rings is 1. The molecule has 0 saturated heterocycles. The lowest BCUT2D eigenvalue weighted by molar-refractivity contribution is 0.194. The minimum absolute atomic E-state index is 0.171. The maximum atomic E-state index is 12.9. The van der Waals surface area contributed by atoms with E-state index < -0.39 is 0 Å². The van der Waals surface area contributed by atoms with E-state index in [9.17, 15) is 10.1 Å². The molecule has 0 aliphatic heterocycles. The fourth-order valence-electron chi connectivity index (χ4n) is 3.19. The topological polar surface area (TPSA) is 95.7 Å². The number of aromatic nitrogens is 3. The highest BCUT2D eigenvalue weighted by Gasteiger charge is 2.15. The summed E-state index contributed by atoms with van der Waals surface area (Å²) in [6, 6.07) is 9.53. The average Bonchev–Trinajstić information content (AvgIpc) is 3.11. The van der Waals surface area contributed by atoms with Gasteiger partial charge in [0.05, 0.1) is 17.2 Å². The van der Waals surface area contributed by atoms with Crippen molar-refractivity contribution in [3.05, 3.63) is 69.3 Å². The molecule has 7 heteroatoms. The van der Waals surface area contributed by atoms with Crippen molar-refractivity contribution < 1.29 is 4.74 Å². The largest absolute Gasteiger partial charge is 0.385 e. The maximum absolute atomic E-state index is 12.9. The molecule has 1 aromatic carbocycles. The molecule has 29 heavy (non-hydrogen) atoms. The van der Waals surface area contributed by atoms with Crippen LogP contribution in [0.15, 0.2) is 41.5 Å². The number of methoxy groups -OCH3 is 1. The van der Waals surface area contributed by atoms with Crippen molar-refractivity contribution in [2.75, 3.05) is 20.3 Å². The van der Waals surface area contributed by atoms with Crippen LogP contribution in [-0.4, -0.2) is 35.0 Å². The molecule has 0 unspecified atom stereocenters. The summed E-state index contributed by atoms with van der Waals surface area (Å²) in [6.07, 6.45) is 4.41. The zero-order chi connectivity index (χ0) is 20.8. The van der Waals surface area contributed by atoms with Gasteiger partial charge in [0.2, 0.25) is 0 Å². The van der Waals surface area contributed by atoms with Crippen molar-refractivity contribution in [1.29, 1.82) is 5.26 Å². The van der Waals surface area contributed by atoms with Crippen LogP contribution in [0.25, 0.3) is 16.9 Å². The van der Waals surface area contributed by atoms with Crippen molar-refractivity contribution in [2.24, 2.45) is 0 Å². The van der Waals surface area contributed by atoms with E-state index in [1.54, 1.807) is 25.6 Å². The first-order chi connectivity index (χ1) is 14.1. The maximum Gasteiger partial charge on any atom is 0.280 e. The van der Waals surface area contributed by atoms with Crippen LogP contribution in [0.3, 0.4) is 0 Å². The Kier molecular flexibility index (Phi) is 6.60. The van der Waals surface area contributed by atoms with Crippen LogP contribution in [0, 0.1) is 25.2 Å². The first-order valence-corrected chi connectivity index (χ1v) is 9.53. The van der Waals surface area contributed by atoms with Crippen LogP contribution in [-0.2, 0) is 11.3 Å². The number of hydrogen-bond acceptors (Lipinski definition) is 5. The van der Waals surface area contributed by atoms with Crippen LogP contribution >= 0.6 is 0 Å². The summed E-state index contributed by atoms with van der Waals surface area (Å²) in [4.78, 5) is 17.4. The Labute approximate surface area is 170 Å². The molecule has 0 bridgehead atoms. The van der Waals surface area contributed by atoms with Gasteiger partial charge in [-0.2, -0.15) is 5.26 Å². The molecule has 0 amide bonds. The number of nitrogens with one attached hydrogen (secondary N) is 2. The molecular formula is C22H25N5O2. The monoisotopic (exact) mass is 391 g/mol. The minimum Gasteiger partial charge on any atom is -0.385 e. The molecule has 0 atom stereocenters. The predicted octanol–water partition coefficient (Wildman–Crippen LogP) is 2.84. The van der Waals surface area contributed by atoms with Crippen LogP contribution in [0.2, 0.25) is 0 Å². The highest BCUT2D eigenvalue weighted by atomic mass is 16.5. The van der Waals surface area contributed by atoms with Crippen molar-refractivity contribution >= 4 is 0 Å². The molecule has 0 saturated carbocycles. The van der Waals surface area contributed by atoms with Crippen molar-refractivity contribution in [2.45, 2.75) is 26.8 Å². The first kappa shape index (κ1) is 20.5. The SMILES string of the molecule is COCCCNCc1ccc(-n2[nH]cc(-c3ccc(C#N)c(C)c3C)c2=O)nc1. The second-order valence-corrected chi connectivity index (χ2v) is 6.90. The standard InChI is InChI=1S/C22H25N5O2/c1-15-16(2)19(7-6-18(15)11-23)20-14-26-27(22(20)28)21-8-5-17(13-25-21)12-24-9-4-10-29-3/h5-8,13-14,24,26H,4,9-10,12H2,1-3H3. The van der Waals surface area contributed by atoms with Gasteiger partial charge in [-0.05, 0) is 61.2 Å². The van der Waals surface area contributed by atoms with E-state index in [1.807, 2.05) is 32.0 Å². The molecule has 0 radical (unpaired) electrons. The highest BCUT2D eigenvalue weighted by Crippen LogP contribution is 2.25. The van der Waals surface area contributed by atoms with Crippen molar-refractivity contribution in [3.8, 4) is 23.0 Å². The lowest BCUT2D eigenvalue weighted by Crippen LogP contribution is -2.18. The van der Waals surface area contributed by atoms with Gasteiger partial charge < -0.3 is 10.1 Å². The quantitative estimate of drug-likeness (QED) is 0.576. The van der Waals surface area contributed by atoms with Crippen molar-refractivity contribution in [1.82, 2.24) is 20.1 Å². The number of nitriles is 1. The van der Waals surface area contributed by atoms with Crippen LogP contribution < -0.4 is 10.9 Å². The summed E-state index contributed by atoms with van der Waals surface area (Å²) in [5, 5.41) is 15.5. The summed E-state index contributed by atoms with van der Waals surface area (Å²) in [6.45, 7) is 6.14. The van der Waals surface area contributed by atoms with Crippen LogP contribution in [0.5, 0.6) is 0 Å². The van der Waals surface area contributed by atoms with Gasteiger partial charge in [-0.3, -0.25) is 9.89 Å². The van der Waals surface area contributed by atoms with Gasteiger partial charge in [-0.15, -0.1) is 0 Å². The third-order valence-electron chi connectivity index (χ3n) is 5.04. The first-order valence-electron chi connectivity index (χ1n) is 9.53. The Morgan fingerprint density at radius 1 is 1.21 bits per heavy atom. The summed E-state index contributed by atoms with van der Waals surface area (Å²) < 4.78 is 6.46. The Bertz CT molecular complexity index is 1070. The van der Waals surface area contributed by atoms with E-state index in [0.29, 0.717) is 23.5 Å². The van der Waals surface area contributed by atoms with Gasteiger partial charge in [0.1, 0.15) is 0 Å². The van der Waals surface area contributed by atoms with E-state index in [1.165, 1.54) is 4.68 Å². The number of ether oxygens (including phenoxy) is 1. The summed E-state index contributed by atoms with van der Waals surface area (Å²) in [7, 11) is 1.69. The second-order valence-electron chi connectivity index (χ2n) is 6.90. The Morgan fingerprint density at radius 3 is 2.72 bits per heavy atom. The highest BCUT2D eigenvalue weighted by molar-refractivity contribution is 5.69. The van der Waals surface area contributed by atoms with E-state index >= 15 is 0 Å². The Hall–Kier alpha value is -3.21. The fourth-order valence-corrected chi connectivity index (χ4v) is 3.19. The number of aromatic amines is 1. The van der Waals surface area contributed by atoms with E-state index in [4.69, 9.17) is 4.74 Å². The smallest absolute Gasteiger partial charge is 0.280 e. The Balaban J connectivity index is 1.79. The molecule has 2 heterocycles. The van der Waals surface area contributed by atoms with E-state index in [-0.39, 0.29) is 5.56 Å². The molecular weight excluding hydrogens is 366 g/mol. The molecule has 150 valence electrons. The lowest BCUT2D eigenvalue weighted by atomic mass is 9.95. The molecule has 0 aliphatic carbocycles.